The minimum absolute atomic E-state index is 0.403. The normalized spacial score (nSPS) is 16.2. The SMILES string of the molecule is SCc1ccc2c(c1)C(Cl)=NCc1c(-c3nc(C4CC4)no3)ncn1-2. The third-order valence-electron chi connectivity index (χ3n) is 4.55. The van der Waals surface area contributed by atoms with Crippen LogP contribution in [0.5, 0.6) is 0 Å². The van der Waals surface area contributed by atoms with Gasteiger partial charge < -0.3 is 4.52 Å². The monoisotopic (exact) mass is 371 g/mol. The molecule has 0 atom stereocenters. The van der Waals surface area contributed by atoms with E-state index in [1.807, 2.05) is 22.8 Å². The molecule has 25 heavy (non-hydrogen) atoms. The standard InChI is InChI=1S/C17H14ClN5OS/c18-15-11-5-9(7-25)1-4-12(11)23-8-20-14(13(23)6-19-15)17-21-16(22-24-17)10-2-3-10/h1,4-5,8,10,25H,2-3,6-7H2. The Morgan fingerprint density at radius 1 is 1.32 bits per heavy atom. The van der Waals surface area contributed by atoms with Gasteiger partial charge in [-0.25, -0.2) is 4.98 Å². The Morgan fingerprint density at radius 3 is 3.00 bits per heavy atom. The molecular weight excluding hydrogens is 358 g/mol. The molecule has 0 N–H and O–H groups in total. The van der Waals surface area contributed by atoms with Crippen molar-refractivity contribution in [3.05, 3.63) is 47.2 Å². The highest BCUT2D eigenvalue weighted by Crippen LogP contribution is 2.39. The summed E-state index contributed by atoms with van der Waals surface area (Å²) in [5.74, 6) is 2.29. The van der Waals surface area contributed by atoms with Gasteiger partial charge in [-0.15, -0.1) is 0 Å². The molecule has 1 aromatic carbocycles. The molecule has 0 radical (unpaired) electrons. The lowest BCUT2D eigenvalue weighted by atomic mass is 10.1. The second-order valence-electron chi connectivity index (χ2n) is 6.26. The Labute approximate surface area is 154 Å². The lowest BCUT2D eigenvalue weighted by molar-refractivity contribution is 0.421. The first-order valence-corrected chi connectivity index (χ1v) is 9.10. The van der Waals surface area contributed by atoms with Crippen LogP contribution in [0.1, 0.15) is 41.4 Å². The van der Waals surface area contributed by atoms with Gasteiger partial charge in [0.1, 0.15) is 11.5 Å². The topological polar surface area (TPSA) is 69.1 Å². The summed E-state index contributed by atoms with van der Waals surface area (Å²) in [4.78, 5) is 13.5. The minimum Gasteiger partial charge on any atom is -0.332 e. The van der Waals surface area contributed by atoms with Crippen molar-refractivity contribution >= 4 is 29.4 Å². The Morgan fingerprint density at radius 2 is 2.20 bits per heavy atom. The summed E-state index contributed by atoms with van der Waals surface area (Å²) < 4.78 is 7.43. The molecule has 1 aliphatic carbocycles. The molecule has 3 aromatic rings. The highest BCUT2D eigenvalue weighted by atomic mass is 35.5. The first kappa shape index (κ1) is 15.2. The zero-order valence-electron chi connectivity index (χ0n) is 13.2. The summed E-state index contributed by atoms with van der Waals surface area (Å²) in [5, 5.41) is 4.57. The van der Waals surface area contributed by atoms with Gasteiger partial charge in [-0.2, -0.15) is 17.6 Å². The quantitative estimate of drug-likeness (QED) is 0.712. The summed E-state index contributed by atoms with van der Waals surface area (Å²) in [6, 6.07) is 6.06. The fraction of sp³-hybridized carbons (Fsp3) is 0.294. The highest BCUT2D eigenvalue weighted by molar-refractivity contribution is 7.79. The van der Waals surface area contributed by atoms with Crippen LogP contribution in [-0.2, 0) is 12.3 Å². The Hall–Kier alpha value is -2.12. The zero-order chi connectivity index (χ0) is 17.0. The molecule has 2 aromatic heterocycles. The molecule has 0 spiro atoms. The van der Waals surface area contributed by atoms with E-state index in [0.29, 0.717) is 35.0 Å². The highest BCUT2D eigenvalue weighted by Gasteiger charge is 2.30. The number of fused-ring (bicyclic) bond motifs is 3. The number of rotatable bonds is 3. The molecule has 3 heterocycles. The molecule has 8 heteroatoms. The van der Waals surface area contributed by atoms with Crippen molar-refractivity contribution in [3.63, 3.8) is 0 Å². The Bertz CT molecular complexity index is 1000. The van der Waals surface area contributed by atoms with Gasteiger partial charge in [-0.3, -0.25) is 9.56 Å². The smallest absolute Gasteiger partial charge is 0.278 e. The number of aromatic nitrogens is 4. The maximum absolute atomic E-state index is 6.42. The average molecular weight is 372 g/mol. The van der Waals surface area contributed by atoms with Crippen LogP contribution < -0.4 is 0 Å². The number of thiol groups is 1. The van der Waals surface area contributed by atoms with E-state index in [1.54, 1.807) is 6.33 Å². The van der Waals surface area contributed by atoms with E-state index < -0.39 is 0 Å². The van der Waals surface area contributed by atoms with Crippen LogP contribution >= 0.6 is 24.2 Å². The van der Waals surface area contributed by atoms with Crippen molar-refractivity contribution in [2.45, 2.75) is 31.1 Å². The average Bonchev–Trinajstić information content (AvgIpc) is 3.26. The van der Waals surface area contributed by atoms with Crippen LogP contribution in [0.2, 0.25) is 0 Å². The lowest BCUT2D eigenvalue weighted by Gasteiger charge is -2.10. The maximum Gasteiger partial charge on any atom is 0.278 e. The van der Waals surface area contributed by atoms with E-state index in [9.17, 15) is 0 Å². The number of hydrogen-bond donors (Lipinski definition) is 1. The third-order valence-corrected chi connectivity index (χ3v) is 5.23. The molecule has 0 unspecified atom stereocenters. The van der Waals surface area contributed by atoms with Gasteiger partial charge in [-0.1, -0.05) is 22.8 Å². The van der Waals surface area contributed by atoms with Crippen molar-refractivity contribution in [1.29, 1.82) is 0 Å². The molecule has 0 saturated heterocycles. The van der Waals surface area contributed by atoms with Crippen LogP contribution in [0.4, 0.5) is 0 Å². The molecule has 1 aliphatic heterocycles. The van der Waals surface area contributed by atoms with Gasteiger partial charge in [0.2, 0.25) is 0 Å². The number of halogens is 1. The van der Waals surface area contributed by atoms with Crippen molar-refractivity contribution in [3.8, 4) is 17.3 Å². The zero-order valence-corrected chi connectivity index (χ0v) is 14.8. The number of imidazole rings is 1. The Kier molecular flexibility index (Phi) is 3.46. The van der Waals surface area contributed by atoms with Crippen LogP contribution in [0.3, 0.4) is 0 Å². The van der Waals surface area contributed by atoms with Gasteiger partial charge in [0, 0.05) is 17.2 Å². The molecule has 1 fully saturated rings. The van der Waals surface area contributed by atoms with E-state index in [2.05, 4.69) is 32.7 Å². The van der Waals surface area contributed by atoms with Gasteiger partial charge in [0.15, 0.2) is 11.5 Å². The molecule has 1 saturated carbocycles. The molecule has 126 valence electrons. The summed E-state index contributed by atoms with van der Waals surface area (Å²) >= 11 is 10.8. The van der Waals surface area contributed by atoms with E-state index in [4.69, 9.17) is 16.1 Å². The van der Waals surface area contributed by atoms with Crippen LogP contribution in [0.25, 0.3) is 17.3 Å². The van der Waals surface area contributed by atoms with E-state index in [1.165, 1.54) is 0 Å². The fourth-order valence-corrected chi connectivity index (χ4v) is 3.44. The van der Waals surface area contributed by atoms with Gasteiger partial charge in [0.25, 0.3) is 5.89 Å². The van der Waals surface area contributed by atoms with Crippen molar-refractivity contribution < 1.29 is 4.52 Å². The molecular formula is C17H14ClN5OS. The van der Waals surface area contributed by atoms with Crippen LogP contribution in [-0.4, -0.2) is 24.9 Å². The summed E-state index contributed by atoms with van der Waals surface area (Å²) in [7, 11) is 0. The van der Waals surface area contributed by atoms with E-state index >= 15 is 0 Å². The van der Waals surface area contributed by atoms with Crippen molar-refractivity contribution in [1.82, 2.24) is 19.7 Å². The largest absolute Gasteiger partial charge is 0.332 e. The van der Waals surface area contributed by atoms with Crippen molar-refractivity contribution in [2.24, 2.45) is 4.99 Å². The predicted octanol–water partition coefficient (Wildman–Crippen LogP) is 3.73. The fourth-order valence-electron chi connectivity index (χ4n) is 3.04. The molecule has 0 amide bonds. The second kappa shape index (κ2) is 5.71. The third kappa shape index (κ3) is 2.49. The summed E-state index contributed by atoms with van der Waals surface area (Å²) in [6.45, 7) is 0.403. The van der Waals surface area contributed by atoms with Crippen LogP contribution in [0, 0.1) is 0 Å². The summed E-state index contributed by atoms with van der Waals surface area (Å²) in [6.07, 6.45) is 4.01. The number of hydrogen-bond acceptors (Lipinski definition) is 6. The molecule has 0 bridgehead atoms. The minimum atomic E-state index is 0.403. The first-order valence-electron chi connectivity index (χ1n) is 8.09. The van der Waals surface area contributed by atoms with Crippen LogP contribution in [0.15, 0.2) is 34.0 Å². The summed E-state index contributed by atoms with van der Waals surface area (Å²) in [5.41, 5.74) is 4.46. The van der Waals surface area contributed by atoms with E-state index in [0.717, 1.165) is 41.2 Å². The number of aliphatic imine (C=N–C) groups is 1. The second-order valence-corrected chi connectivity index (χ2v) is 6.93. The first-order chi connectivity index (χ1) is 12.2. The maximum atomic E-state index is 6.42. The van der Waals surface area contributed by atoms with Gasteiger partial charge >= 0.3 is 0 Å². The van der Waals surface area contributed by atoms with Crippen molar-refractivity contribution in [2.75, 3.05) is 0 Å². The number of nitrogens with zero attached hydrogens (tertiary/aromatic N) is 5. The molecule has 5 rings (SSSR count). The van der Waals surface area contributed by atoms with Gasteiger partial charge in [-0.05, 0) is 30.5 Å². The molecule has 2 aliphatic rings. The van der Waals surface area contributed by atoms with E-state index in [-0.39, 0.29) is 0 Å². The van der Waals surface area contributed by atoms with Gasteiger partial charge in [0.05, 0.1) is 17.9 Å². The number of benzene rings is 1. The predicted molar refractivity (Wildman–Crippen MR) is 97.6 cm³/mol. The molecule has 6 nitrogen and oxygen atoms in total. The lowest BCUT2D eigenvalue weighted by Crippen LogP contribution is -2.02. The Balaban J connectivity index is 1.64.